The average molecular weight is 314 g/mol. The van der Waals surface area contributed by atoms with Gasteiger partial charge in [0.2, 0.25) is 0 Å². The summed E-state index contributed by atoms with van der Waals surface area (Å²) in [6, 6.07) is 6.49. The van der Waals surface area contributed by atoms with Gasteiger partial charge in [0.1, 0.15) is 5.76 Å². The van der Waals surface area contributed by atoms with Crippen LogP contribution in [0.15, 0.2) is 38.0 Å². The minimum absolute atomic E-state index is 0.337. The van der Waals surface area contributed by atoms with E-state index in [1.54, 1.807) is 17.6 Å². The molecule has 2 heterocycles. The Morgan fingerprint density at radius 2 is 2.41 bits per heavy atom. The molecule has 0 aliphatic rings. The van der Waals surface area contributed by atoms with Crippen molar-refractivity contribution in [1.82, 2.24) is 5.32 Å². The van der Waals surface area contributed by atoms with Crippen LogP contribution in [-0.4, -0.2) is 6.54 Å². The monoisotopic (exact) mass is 313 g/mol. The second kappa shape index (κ2) is 6.38. The van der Waals surface area contributed by atoms with Gasteiger partial charge in [-0.05, 0) is 58.0 Å². The Labute approximate surface area is 114 Å². The molecular weight excluding hydrogens is 298 g/mol. The van der Waals surface area contributed by atoms with Crippen LogP contribution in [0.4, 0.5) is 0 Å². The van der Waals surface area contributed by atoms with E-state index < -0.39 is 0 Å². The van der Waals surface area contributed by atoms with Crippen LogP contribution in [0.25, 0.3) is 0 Å². The van der Waals surface area contributed by atoms with Gasteiger partial charge in [-0.15, -0.1) is 11.3 Å². The Kier molecular flexibility index (Phi) is 4.83. The second-order valence-corrected chi connectivity index (χ2v) is 6.26. The topological polar surface area (TPSA) is 25.2 Å². The summed E-state index contributed by atoms with van der Waals surface area (Å²) in [5.74, 6) is 1.03. The zero-order valence-corrected chi connectivity index (χ0v) is 12.2. The van der Waals surface area contributed by atoms with Gasteiger partial charge in [-0.2, -0.15) is 0 Å². The van der Waals surface area contributed by atoms with Crippen molar-refractivity contribution in [2.75, 3.05) is 6.54 Å². The first kappa shape index (κ1) is 12.9. The number of halogens is 1. The quantitative estimate of drug-likeness (QED) is 0.855. The summed E-state index contributed by atoms with van der Waals surface area (Å²) in [7, 11) is 0. The molecule has 2 rings (SSSR count). The van der Waals surface area contributed by atoms with Crippen LogP contribution in [0.5, 0.6) is 0 Å². The minimum Gasteiger partial charge on any atom is -0.469 e. The zero-order chi connectivity index (χ0) is 12.1. The largest absolute Gasteiger partial charge is 0.469 e. The maximum absolute atomic E-state index is 5.42. The lowest BCUT2D eigenvalue weighted by atomic mass is 10.1. The van der Waals surface area contributed by atoms with E-state index in [-0.39, 0.29) is 0 Å². The number of rotatable bonds is 6. The third kappa shape index (κ3) is 3.69. The molecule has 2 nitrogen and oxygen atoms in total. The zero-order valence-electron chi connectivity index (χ0n) is 9.78. The Balaban J connectivity index is 2.07. The van der Waals surface area contributed by atoms with Crippen LogP contribution in [0.1, 0.15) is 30.7 Å². The van der Waals surface area contributed by atoms with Gasteiger partial charge in [0, 0.05) is 12.5 Å². The summed E-state index contributed by atoms with van der Waals surface area (Å²) in [4.78, 5) is 0. The van der Waals surface area contributed by atoms with Crippen molar-refractivity contribution in [2.24, 2.45) is 0 Å². The molecule has 0 fully saturated rings. The van der Waals surface area contributed by atoms with E-state index >= 15 is 0 Å². The van der Waals surface area contributed by atoms with E-state index in [1.807, 2.05) is 12.1 Å². The Morgan fingerprint density at radius 3 is 3.00 bits per heavy atom. The number of hydrogen-bond acceptors (Lipinski definition) is 3. The molecule has 0 aliphatic heterocycles. The lowest BCUT2D eigenvalue weighted by Crippen LogP contribution is -2.23. The summed E-state index contributed by atoms with van der Waals surface area (Å²) in [5.41, 5.74) is 1.33. The fourth-order valence-corrected chi connectivity index (χ4v) is 2.99. The van der Waals surface area contributed by atoms with Crippen LogP contribution >= 0.6 is 27.3 Å². The Hall–Kier alpha value is -0.580. The normalized spacial score (nSPS) is 12.8. The van der Waals surface area contributed by atoms with Gasteiger partial charge in [0.25, 0.3) is 0 Å². The van der Waals surface area contributed by atoms with E-state index in [0.29, 0.717) is 6.04 Å². The Bertz CT molecular complexity index is 438. The molecule has 0 radical (unpaired) electrons. The fraction of sp³-hybridized carbons (Fsp3) is 0.385. The summed E-state index contributed by atoms with van der Waals surface area (Å²) in [6.07, 6.45) is 3.77. The van der Waals surface area contributed by atoms with Crippen LogP contribution in [0.3, 0.4) is 0 Å². The standard InChI is InChI=1S/C13H16BrNOS/c1-2-5-15-12(8-11-4-3-6-16-11)10-7-13(14)17-9-10/h3-4,6-7,9,12,15H,2,5,8H2,1H3. The molecule has 0 saturated carbocycles. The van der Waals surface area contributed by atoms with Gasteiger partial charge >= 0.3 is 0 Å². The highest BCUT2D eigenvalue weighted by Gasteiger charge is 2.14. The molecule has 0 amide bonds. The van der Waals surface area contributed by atoms with Crippen molar-refractivity contribution in [1.29, 1.82) is 0 Å². The SMILES string of the molecule is CCCNC(Cc1ccco1)c1csc(Br)c1. The van der Waals surface area contributed by atoms with E-state index in [1.165, 1.54) is 9.35 Å². The number of thiophene rings is 1. The van der Waals surface area contributed by atoms with Crippen LogP contribution in [0, 0.1) is 0 Å². The summed E-state index contributed by atoms with van der Waals surface area (Å²) >= 11 is 5.24. The van der Waals surface area contributed by atoms with E-state index in [9.17, 15) is 0 Å². The minimum atomic E-state index is 0.337. The lowest BCUT2D eigenvalue weighted by molar-refractivity contribution is 0.449. The molecule has 0 bridgehead atoms. The van der Waals surface area contributed by atoms with Crippen molar-refractivity contribution in [3.05, 3.63) is 45.0 Å². The highest BCUT2D eigenvalue weighted by atomic mass is 79.9. The number of nitrogens with one attached hydrogen (secondary N) is 1. The van der Waals surface area contributed by atoms with Gasteiger partial charge in [0.05, 0.1) is 10.0 Å². The van der Waals surface area contributed by atoms with Gasteiger partial charge in [-0.1, -0.05) is 6.92 Å². The molecule has 1 unspecified atom stereocenters. The molecule has 0 aromatic carbocycles. The Morgan fingerprint density at radius 1 is 1.53 bits per heavy atom. The van der Waals surface area contributed by atoms with Crippen molar-refractivity contribution >= 4 is 27.3 Å². The molecule has 0 aliphatic carbocycles. The van der Waals surface area contributed by atoms with E-state index in [4.69, 9.17) is 4.42 Å². The van der Waals surface area contributed by atoms with Crippen LogP contribution in [0.2, 0.25) is 0 Å². The van der Waals surface area contributed by atoms with Crippen molar-refractivity contribution in [3.8, 4) is 0 Å². The molecule has 2 aromatic heterocycles. The smallest absolute Gasteiger partial charge is 0.105 e. The molecule has 2 aromatic rings. The maximum atomic E-state index is 5.42. The molecule has 1 atom stereocenters. The highest BCUT2D eigenvalue weighted by Crippen LogP contribution is 2.27. The van der Waals surface area contributed by atoms with E-state index in [0.717, 1.165) is 25.1 Å². The molecule has 1 N–H and O–H groups in total. The highest BCUT2D eigenvalue weighted by molar-refractivity contribution is 9.11. The molecule has 17 heavy (non-hydrogen) atoms. The predicted molar refractivity (Wildman–Crippen MR) is 75.5 cm³/mol. The first-order chi connectivity index (χ1) is 8.29. The lowest BCUT2D eigenvalue weighted by Gasteiger charge is -2.16. The van der Waals surface area contributed by atoms with Gasteiger partial charge in [-0.25, -0.2) is 0 Å². The molecule has 4 heteroatoms. The van der Waals surface area contributed by atoms with Crippen molar-refractivity contribution < 1.29 is 4.42 Å². The van der Waals surface area contributed by atoms with Crippen LogP contribution < -0.4 is 5.32 Å². The summed E-state index contributed by atoms with van der Waals surface area (Å²) in [6.45, 7) is 3.21. The second-order valence-electron chi connectivity index (χ2n) is 3.97. The molecular formula is C13H16BrNOS. The maximum Gasteiger partial charge on any atom is 0.105 e. The summed E-state index contributed by atoms with van der Waals surface area (Å²) in [5, 5.41) is 5.76. The van der Waals surface area contributed by atoms with E-state index in [2.05, 4.69) is 39.6 Å². The molecule has 92 valence electrons. The third-order valence-corrected chi connectivity index (χ3v) is 4.14. The molecule has 0 spiro atoms. The number of hydrogen-bond donors (Lipinski definition) is 1. The van der Waals surface area contributed by atoms with Crippen molar-refractivity contribution in [3.63, 3.8) is 0 Å². The summed E-state index contributed by atoms with van der Waals surface area (Å²) < 4.78 is 6.60. The first-order valence-corrected chi connectivity index (χ1v) is 7.46. The van der Waals surface area contributed by atoms with Crippen LogP contribution in [-0.2, 0) is 6.42 Å². The van der Waals surface area contributed by atoms with Gasteiger partial charge in [0.15, 0.2) is 0 Å². The first-order valence-electron chi connectivity index (χ1n) is 5.79. The fourth-order valence-electron chi connectivity index (χ4n) is 1.76. The third-order valence-electron chi connectivity index (χ3n) is 2.62. The predicted octanol–water partition coefficient (Wildman–Crippen LogP) is 4.39. The van der Waals surface area contributed by atoms with Gasteiger partial charge < -0.3 is 9.73 Å². The number of furan rings is 1. The average Bonchev–Trinajstić information content (AvgIpc) is 2.95. The van der Waals surface area contributed by atoms with Gasteiger partial charge in [-0.3, -0.25) is 0 Å². The van der Waals surface area contributed by atoms with Crippen molar-refractivity contribution in [2.45, 2.75) is 25.8 Å². The molecule has 0 saturated heterocycles.